The molecule has 7 heteroatoms. The molecule has 0 aliphatic rings. The second kappa shape index (κ2) is 8.93. The zero-order valence-corrected chi connectivity index (χ0v) is 17.3. The normalized spacial score (nSPS) is 11.9. The van der Waals surface area contributed by atoms with Crippen LogP contribution in [0.1, 0.15) is 24.4 Å². The van der Waals surface area contributed by atoms with Gasteiger partial charge in [0.05, 0.1) is 18.9 Å². The maximum atomic E-state index is 12.7. The molecule has 28 heavy (non-hydrogen) atoms. The summed E-state index contributed by atoms with van der Waals surface area (Å²) in [5.41, 5.74) is 2.05. The lowest BCUT2D eigenvalue weighted by Crippen LogP contribution is -2.31. The lowest BCUT2D eigenvalue weighted by atomic mass is 10.1. The highest BCUT2D eigenvalue weighted by atomic mass is 32.2. The first kappa shape index (κ1) is 19.9. The Hall–Kier alpha value is -2.80. The van der Waals surface area contributed by atoms with Gasteiger partial charge < -0.3 is 9.64 Å². The minimum atomic E-state index is 0.00972. The molecule has 0 N–H and O–H groups in total. The van der Waals surface area contributed by atoms with Crippen LogP contribution >= 0.6 is 11.8 Å². The molecule has 0 saturated carbocycles. The summed E-state index contributed by atoms with van der Waals surface area (Å²) in [6, 6.07) is 17.7. The average molecular weight is 397 g/mol. The van der Waals surface area contributed by atoms with Gasteiger partial charge in [0, 0.05) is 12.7 Å². The molecule has 0 spiro atoms. The van der Waals surface area contributed by atoms with Crippen LogP contribution in [0.5, 0.6) is 5.75 Å². The van der Waals surface area contributed by atoms with E-state index in [0.717, 1.165) is 22.8 Å². The van der Waals surface area contributed by atoms with Crippen molar-refractivity contribution in [2.75, 3.05) is 19.9 Å². The Morgan fingerprint density at radius 3 is 2.46 bits per heavy atom. The minimum Gasteiger partial charge on any atom is -0.497 e. The van der Waals surface area contributed by atoms with E-state index < -0.39 is 0 Å². The quantitative estimate of drug-likeness (QED) is 0.567. The van der Waals surface area contributed by atoms with E-state index in [1.54, 1.807) is 12.0 Å². The molecule has 0 fully saturated rings. The zero-order chi connectivity index (χ0) is 20.1. The zero-order valence-electron chi connectivity index (χ0n) is 16.5. The summed E-state index contributed by atoms with van der Waals surface area (Å²) >= 11 is 1.39. The van der Waals surface area contributed by atoms with Crippen molar-refractivity contribution in [3.05, 3.63) is 66.0 Å². The van der Waals surface area contributed by atoms with Crippen LogP contribution in [0, 0.1) is 6.92 Å². The Balaban J connectivity index is 1.70. The first-order chi connectivity index (χ1) is 13.5. The first-order valence-corrected chi connectivity index (χ1v) is 9.99. The number of methoxy groups -OCH3 is 1. The third-order valence-electron chi connectivity index (χ3n) is 4.71. The van der Waals surface area contributed by atoms with Gasteiger partial charge in [0.25, 0.3) is 0 Å². The molecule has 0 saturated heterocycles. The molecule has 0 bridgehead atoms. The van der Waals surface area contributed by atoms with Gasteiger partial charge in [0.1, 0.15) is 11.6 Å². The summed E-state index contributed by atoms with van der Waals surface area (Å²) in [6.07, 6.45) is 0. The monoisotopic (exact) mass is 396 g/mol. The minimum absolute atomic E-state index is 0.00972. The Bertz CT molecular complexity index is 925. The Labute approximate surface area is 169 Å². The standard InChI is InChI=1S/C21H24N4O2S/c1-15(17-8-6-5-7-9-17)24(3)20(26)14-28-21-23-22-16(2)25(21)18-10-12-19(27-4)13-11-18/h5-13,15H,14H2,1-4H3. The van der Waals surface area contributed by atoms with E-state index >= 15 is 0 Å². The molecule has 146 valence electrons. The van der Waals surface area contributed by atoms with Crippen LogP contribution in [-0.4, -0.2) is 45.5 Å². The van der Waals surface area contributed by atoms with Crippen molar-refractivity contribution < 1.29 is 9.53 Å². The van der Waals surface area contributed by atoms with Crippen LogP contribution in [0.3, 0.4) is 0 Å². The van der Waals surface area contributed by atoms with Gasteiger partial charge >= 0.3 is 0 Å². The molecule has 1 unspecified atom stereocenters. The Morgan fingerprint density at radius 1 is 1.14 bits per heavy atom. The predicted octanol–water partition coefficient (Wildman–Crippen LogP) is 3.90. The average Bonchev–Trinajstić information content (AvgIpc) is 3.11. The predicted molar refractivity (Wildman–Crippen MR) is 111 cm³/mol. The molecule has 3 rings (SSSR count). The van der Waals surface area contributed by atoms with Crippen molar-refractivity contribution >= 4 is 17.7 Å². The van der Waals surface area contributed by atoms with Crippen LogP contribution in [0.4, 0.5) is 0 Å². The van der Waals surface area contributed by atoms with Gasteiger partial charge in [0.2, 0.25) is 5.91 Å². The second-order valence-corrected chi connectivity index (χ2v) is 7.39. The number of benzene rings is 2. The molecule has 1 amide bonds. The van der Waals surface area contributed by atoms with Crippen LogP contribution in [0.15, 0.2) is 59.8 Å². The first-order valence-electron chi connectivity index (χ1n) is 9.01. The maximum absolute atomic E-state index is 12.7. The molecule has 0 radical (unpaired) electrons. The molecule has 1 atom stereocenters. The summed E-state index contributed by atoms with van der Waals surface area (Å²) in [5, 5.41) is 9.11. The second-order valence-electron chi connectivity index (χ2n) is 6.44. The topological polar surface area (TPSA) is 60.2 Å². The molecule has 0 aliphatic heterocycles. The van der Waals surface area contributed by atoms with Crippen molar-refractivity contribution in [3.63, 3.8) is 0 Å². The number of carbonyl (C=O) groups is 1. The van der Waals surface area contributed by atoms with Gasteiger partial charge in [-0.1, -0.05) is 42.1 Å². The number of aromatic nitrogens is 3. The van der Waals surface area contributed by atoms with Crippen molar-refractivity contribution in [1.29, 1.82) is 0 Å². The molecular weight excluding hydrogens is 372 g/mol. The summed E-state index contributed by atoms with van der Waals surface area (Å²) in [7, 11) is 3.47. The van der Waals surface area contributed by atoms with E-state index in [0.29, 0.717) is 10.9 Å². The number of hydrogen-bond donors (Lipinski definition) is 0. The number of ether oxygens (including phenoxy) is 1. The maximum Gasteiger partial charge on any atom is 0.233 e. The largest absolute Gasteiger partial charge is 0.497 e. The molecule has 2 aromatic carbocycles. The fourth-order valence-corrected chi connectivity index (χ4v) is 3.79. The lowest BCUT2D eigenvalue weighted by molar-refractivity contribution is -0.128. The SMILES string of the molecule is COc1ccc(-n2c(C)nnc2SCC(=O)N(C)C(C)c2ccccc2)cc1. The van der Waals surface area contributed by atoms with Gasteiger partial charge in [-0.15, -0.1) is 10.2 Å². The van der Waals surface area contributed by atoms with Gasteiger partial charge in [-0.2, -0.15) is 0 Å². The van der Waals surface area contributed by atoms with Crippen LogP contribution in [0.2, 0.25) is 0 Å². The van der Waals surface area contributed by atoms with Crippen molar-refractivity contribution in [2.24, 2.45) is 0 Å². The number of hydrogen-bond acceptors (Lipinski definition) is 5. The van der Waals surface area contributed by atoms with Crippen LogP contribution < -0.4 is 4.74 Å². The third-order valence-corrected chi connectivity index (χ3v) is 5.62. The van der Waals surface area contributed by atoms with Crippen LogP contribution in [-0.2, 0) is 4.79 Å². The number of aryl methyl sites for hydroxylation is 1. The van der Waals surface area contributed by atoms with Gasteiger partial charge in [-0.25, -0.2) is 0 Å². The smallest absolute Gasteiger partial charge is 0.233 e. The fraction of sp³-hybridized carbons (Fsp3) is 0.286. The number of carbonyl (C=O) groups excluding carboxylic acids is 1. The van der Waals surface area contributed by atoms with Gasteiger partial charge in [0.15, 0.2) is 5.16 Å². The molecule has 6 nitrogen and oxygen atoms in total. The highest BCUT2D eigenvalue weighted by Gasteiger charge is 2.19. The number of rotatable bonds is 7. The number of amides is 1. The number of nitrogens with zero attached hydrogens (tertiary/aromatic N) is 4. The van der Waals surface area contributed by atoms with Crippen molar-refractivity contribution in [2.45, 2.75) is 25.0 Å². The summed E-state index contributed by atoms with van der Waals surface area (Å²) in [4.78, 5) is 14.5. The Morgan fingerprint density at radius 2 is 1.82 bits per heavy atom. The fourth-order valence-electron chi connectivity index (χ4n) is 2.86. The van der Waals surface area contributed by atoms with Gasteiger partial charge in [-0.05, 0) is 43.7 Å². The molecule has 0 aliphatic carbocycles. The van der Waals surface area contributed by atoms with Gasteiger partial charge in [-0.3, -0.25) is 9.36 Å². The number of thioether (sulfide) groups is 1. The molecule has 1 aromatic heterocycles. The summed E-state index contributed by atoms with van der Waals surface area (Å²) in [5.74, 6) is 1.90. The molecular formula is C21H24N4O2S. The van der Waals surface area contributed by atoms with E-state index in [9.17, 15) is 4.79 Å². The highest BCUT2D eigenvalue weighted by molar-refractivity contribution is 7.99. The summed E-state index contributed by atoms with van der Waals surface area (Å²) in [6.45, 7) is 3.93. The van der Waals surface area contributed by atoms with E-state index in [2.05, 4.69) is 10.2 Å². The highest BCUT2D eigenvalue weighted by Crippen LogP contribution is 2.25. The van der Waals surface area contributed by atoms with E-state index in [-0.39, 0.29) is 11.9 Å². The van der Waals surface area contributed by atoms with Crippen molar-refractivity contribution in [3.8, 4) is 11.4 Å². The molecule has 1 heterocycles. The summed E-state index contributed by atoms with van der Waals surface area (Å²) < 4.78 is 7.16. The van der Waals surface area contributed by atoms with E-state index in [1.165, 1.54) is 11.8 Å². The Kier molecular flexibility index (Phi) is 6.36. The van der Waals surface area contributed by atoms with Crippen molar-refractivity contribution in [1.82, 2.24) is 19.7 Å². The lowest BCUT2D eigenvalue weighted by Gasteiger charge is -2.25. The van der Waals surface area contributed by atoms with E-state index in [4.69, 9.17) is 4.74 Å². The molecule has 3 aromatic rings. The van der Waals surface area contributed by atoms with Crippen LogP contribution in [0.25, 0.3) is 5.69 Å². The third kappa shape index (κ3) is 4.36. The van der Waals surface area contributed by atoms with E-state index in [1.807, 2.05) is 80.1 Å².